The molecular formula is C19H24ClN5O2S. The zero-order valence-corrected chi connectivity index (χ0v) is 17.6. The van der Waals surface area contributed by atoms with Crippen LogP contribution in [0.4, 0.5) is 10.8 Å². The Bertz CT molecular complexity index is 868. The topological polar surface area (TPSA) is 70.6 Å². The molecule has 0 aliphatic carbocycles. The summed E-state index contributed by atoms with van der Waals surface area (Å²) in [4.78, 5) is 26.7. The Kier molecular flexibility index (Phi) is 5.70. The number of halogens is 1. The van der Waals surface area contributed by atoms with Crippen LogP contribution in [0.15, 0.2) is 12.3 Å². The van der Waals surface area contributed by atoms with E-state index >= 15 is 0 Å². The highest BCUT2D eigenvalue weighted by molar-refractivity contribution is 7.16. The van der Waals surface area contributed by atoms with Gasteiger partial charge in [0.05, 0.1) is 31.2 Å². The van der Waals surface area contributed by atoms with Crippen molar-refractivity contribution in [3.05, 3.63) is 28.0 Å². The minimum absolute atomic E-state index is 0.119. The van der Waals surface area contributed by atoms with Crippen molar-refractivity contribution in [2.24, 2.45) is 0 Å². The zero-order chi connectivity index (χ0) is 19.7. The van der Waals surface area contributed by atoms with Gasteiger partial charge in [-0.3, -0.25) is 9.69 Å². The van der Waals surface area contributed by atoms with Gasteiger partial charge in [0.25, 0.3) is 0 Å². The molecule has 9 heteroatoms. The number of hydrogen-bond donors (Lipinski definition) is 1. The molecule has 4 rings (SSSR count). The molecule has 150 valence electrons. The smallest absolute Gasteiger partial charge is 0.230 e. The van der Waals surface area contributed by atoms with Crippen LogP contribution in [0, 0.1) is 0 Å². The van der Waals surface area contributed by atoms with Crippen molar-refractivity contribution in [1.82, 2.24) is 15.3 Å². The lowest BCUT2D eigenvalue weighted by atomic mass is 10.1. The number of thiazole rings is 1. The summed E-state index contributed by atoms with van der Waals surface area (Å²) >= 11 is 7.64. The summed E-state index contributed by atoms with van der Waals surface area (Å²) in [5.41, 5.74) is 2.06. The molecule has 1 amide bonds. The van der Waals surface area contributed by atoms with Crippen LogP contribution in [0.25, 0.3) is 0 Å². The van der Waals surface area contributed by atoms with E-state index in [1.165, 1.54) is 4.88 Å². The quantitative estimate of drug-likeness (QED) is 0.748. The maximum absolute atomic E-state index is 12.6. The highest BCUT2D eigenvalue weighted by Gasteiger charge is 2.26. The van der Waals surface area contributed by atoms with Crippen LogP contribution in [0.1, 0.15) is 29.8 Å². The molecule has 28 heavy (non-hydrogen) atoms. The number of aromatic nitrogens is 2. The van der Waals surface area contributed by atoms with Crippen molar-refractivity contribution in [3.63, 3.8) is 0 Å². The van der Waals surface area contributed by atoms with Crippen LogP contribution < -0.4 is 19.9 Å². The first-order chi connectivity index (χ1) is 13.5. The van der Waals surface area contributed by atoms with Crippen LogP contribution in [-0.4, -0.2) is 49.2 Å². The molecule has 7 nitrogen and oxygen atoms in total. The van der Waals surface area contributed by atoms with Gasteiger partial charge in [0.1, 0.15) is 0 Å². The fourth-order valence-corrected chi connectivity index (χ4v) is 4.95. The van der Waals surface area contributed by atoms with Gasteiger partial charge in [-0.2, -0.15) is 0 Å². The molecule has 1 N–H and O–H groups in total. The van der Waals surface area contributed by atoms with Gasteiger partial charge in [0.15, 0.2) is 16.0 Å². The third-order valence-corrected chi connectivity index (χ3v) is 6.78. The van der Waals surface area contributed by atoms with Gasteiger partial charge in [0, 0.05) is 43.4 Å². The normalized spacial score (nSPS) is 18.8. The van der Waals surface area contributed by atoms with E-state index in [0.717, 1.165) is 55.4 Å². The average Bonchev–Trinajstić information content (AvgIpc) is 3.36. The molecule has 0 bridgehead atoms. The van der Waals surface area contributed by atoms with Gasteiger partial charge in [-0.1, -0.05) is 22.9 Å². The first-order valence-corrected chi connectivity index (χ1v) is 10.7. The molecule has 0 spiro atoms. The summed E-state index contributed by atoms with van der Waals surface area (Å²) in [6.45, 7) is 2.59. The Balaban J connectivity index is 1.46. The maximum Gasteiger partial charge on any atom is 0.230 e. The van der Waals surface area contributed by atoms with Crippen LogP contribution in [-0.2, 0) is 17.8 Å². The van der Waals surface area contributed by atoms with Gasteiger partial charge in [-0.05, 0) is 19.4 Å². The molecule has 2 aliphatic heterocycles. The number of anilines is 2. The third kappa shape index (κ3) is 3.94. The summed E-state index contributed by atoms with van der Waals surface area (Å²) in [6, 6.07) is 2.21. The fraction of sp³-hybridized carbons (Fsp3) is 0.526. The second kappa shape index (κ2) is 8.23. The van der Waals surface area contributed by atoms with E-state index in [-0.39, 0.29) is 5.91 Å². The number of carbonyl (C=O) groups excluding carboxylic acids is 1. The maximum atomic E-state index is 12.6. The standard InChI is InChI=1S/C19H24ClN5O2S/c1-24(17(26)8-12-4-3-6-21-12)19-23-14-5-7-25(11-16(14)28-19)13-9-15(27-2)18(20)22-10-13/h9-10,12,21H,3-8,11H2,1-2H3. The minimum Gasteiger partial charge on any atom is -0.493 e. The van der Waals surface area contributed by atoms with E-state index in [1.807, 2.05) is 13.1 Å². The van der Waals surface area contributed by atoms with E-state index in [2.05, 4.69) is 15.2 Å². The Morgan fingerprint density at radius 3 is 3.14 bits per heavy atom. The first kappa shape index (κ1) is 19.4. The van der Waals surface area contributed by atoms with E-state index in [0.29, 0.717) is 23.4 Å². The summed E-state index contributed by atoms with van der Waals surface area (Å²) in [5.74, 6) is 0.690. The lowest BCUT2D eigenvalue weighted by molar-refractivity contribution is -0.118. The average molecular weight is 422 g/mol. The van der Waals surface area contributed by atoms with Crippen molar-refractivity contribution in [2.45, 2.75) is 38.3 Å². The van der Waals surface area contributed by atoms with Crippen LogP contribution >= 0.6 is 22.9 Å². The Labute approximate surface area is 173 Å². The molecule has 1 fully saturated rings. The number of pyridine rings is 1. The zero-order valence-electron chi connectivity index (χ0n) is 16.1. The minimum atomic E-state index is 0.119. The number of rotatable bonds is 5. The molecule has 2 aromatic rings. The van der Waals surface area contributed by atoms with Crippen LogP contribution in [0.3, 0.4) is 0 Å². The van der Waals surface area contributed by atoms with E-state index in [9.17, 15) is 4.79 Å². The molecule has 2 aromatic heterocycles. The van der Waals surface area contributed by atoms with Crippen LogP contribution in [0.2, 0.25) is 5.15 Å². The fourth-order valence-electron chi connectivity index (χ4n) is 3.66. The summed E-state index contributed by atoms with van der Waals surface area (Å²) < 4.78 is 5.28. The number of nitrogens with one attached hydrogen (secondary N) is 1. The van der Waals surface area contributed by atoms with E-state index in [1.54, 1.807) is 29.5 Å². The summed E-state index contributed by atoms with van der Waals surface area (Å²) in [6.07, 6.45) is 5.35. The summed E-state index contributed by atoms with van der Waals surface area (Å²) in [7, 11) is 3.41. The number of nitrogens with zero attached hydrogens (tertiary/aromatic N) is 4. The van der Waals surface area contributed by atoms with Gasteiger partial charge < -0.3 is 15.0 Å². The van der Waals surface area contributed by atoms with Crippen molar-refractivity contribution in [2.75, 3.05) is 37.0 Å². The largest absolute Gasteiger partial charge is 0.493 e. The van der Waals surface area contributed by atoms with Gasteiger partial charge >= 0.3 is 0 Å². The number of carbonyl (C=O) groups is 1. The predicted octanol–water partition coefficient (Wildman–Crippen LogP) is 2.87. The van der Waals surface area contributed by atoms with Crippen molar-refractivity contribution >= 4 is 39.7 Å². The Morgan fingerprint density at radius 2 is 2.39 bits per heavy atom. The highest BCUT2D eigenvalue weighted by atomic mass is 35.5. The first-order valence-electron chi connectivity index (χ1n) is 9.48. The number of amides is 1. The van der Waals surface area contributed by atoms with Gasteiger partial charge in [0.2, 0.25) is 5.91 Å². The Hall–Kier alpha value is -1.90. The SMILES string of the molecule is COc1cc(N2CCc3nc(N(C)C(=O)CC4CCCN4)sc3C2)cnc1Cl. The second-order valence-corrected chi connectivity index (χ2v) is 8.59. The highest BCUT2D eigenvalue weighted by Crippen LogP contribution is 2.34. The third-order valence-electron chi connectivity index (χ3n) is 5.34. The lowest BCUT2D eigenvalue weighted by Crippen LogP contribution is -2.33. The molecule has 1 saturated heterocycles. The molecule has 2 aliphatic rings. The summed E-state index contributed by atoms with van der Waals surface area (Å²) in [5, 5.41) is 4.52. The van der Waals surface area contributed by atoms with Crippen molar-refractivity contribution in [3.8, 4) is 5.75 Å². The van der Waals surface area contributed by atoms with Crippen molar-refractivity contribution < 1.29 is 9.53 Å². The number of fused-ring (bicyclic) bond motifs is 1. The van der Waals surface area contributed by atoms with E-state index < -0.39 is 0 Å². The number of ether oxygens (including phenoxy) is 1. The van der Waals surface area contributed by atoms with Gasteiger partial charge in [-0.15, -0.1) is 0 Å². The molecule has 0 radical (unpaired) electrons. The molecule has 1 unspecified atom stereocenters. The molecule has 4 heterocycles. The molecule has 0 saturated carbocycles. The van der Waals surface area contributed by atoms with Crippen LogP contribution in [0.5, 0.6) is 5.75 Å². The van der Waals surface area contributed by atoms with Crippen molar-refractivity contribution in [1.29, 1.82) is 0 Å². The second-order valence-electron chi connectivity index (χ2n) is 7.17. The lowest BCUT2D eigenvalue weighted by Gasteiger charge is -2.28. The predicted molar refractivity (Wildman–Crippen MR) is 112 cm³/mol. The molecular weight excluding hydrogens is 398 g/mol. The monoisotopic (exact) mass is 421 g/mol. The number of methoxy groups -OCH3 is 1. The molecule has 1 atom stereocenters. The van der Waals surface area contributed by atoms with E-state index in [4.69, 9.17) is 21.3 Å². The Morgan fingerprint density at radius 1 is 1.54 bits per heavy atom. The molecule has 0 aromatic carbocycles. The number of hydrogen-bond acceptors (Lipinski definition) is 7. The van der Waals surface area contributed by atoms with Gasteiger partial charge in [-0.25, -0.2) is 9.97 Å².